The van der Waals surface area contributed by atoms with Crippen molar-refractivity contribution >= 4 is 40.6 Å². The summed E-state index contributed by atoms with van der Waals surface area (Å²) in [6, 6.07) is 13.2. The quantitative estimate of drug-likeness (QED) is 0.759. The molecule has 3 nitrogen and oxygen atoms in total. The molecule has 2 aliphatic rings. The summed E-state index contributed by atoms with van der Waals surface area (Å²) in [5.74, 6) is 2.68. The summed E-state index contributed by atoms with van der Waals surface area (Å²) in [5, 5.41) is 7.32. The fourth-order valence-electron chi connectivity index (χ4n) is 3.37. The van der Waals surface area contributed by atoms with Crippen molar-refractivity contribution in [2.75, 3.05) is 22.1 Å². The van der Waals surface area contributed by atoms with E-state index >= 15 is 0 Å². The average molecular weight is 376 g/mol. The van der Waals surface area contributed by atoms with Crippen molar-refractivity contribution in [3.05, 3.63) is 58.9 Å². The van der Waals surface area contributed by atoms with Gasteiger partial charge < -0.3 is 10.6 Å². The molecular formula is C19H19ClFN3S. The van der Waals surface area contributed by atoms with Crippen LogP contribution in [0.25, 0.3) is 0 Å². The number of para-hydroxylation sites is 2. The minimum absolute atomic E-state index is 0.140. The first-order valence-electron chi connectivity index (χ1n) is 8.38. The Labute approximate surface area is 156 Å². The Bertz CT molecular complexity index is 818. The first-order valence-corrected chi connectivity index (χ1v) is 9.91. The molecule has 0 aromatic heterocycles. The molecule has 1 saturated heterocycles. The molecule has 130 valence electrons. The molecule has 1 fully saturated rings. The van der Waals surface area contributed by atoms with E-state index in [9.17, 15) is 4.39 Å². The van der Waals surface area contributed by atoms with Gasteiger partial charge in [0.15, 0.2) is 0 Å². The molecule has 0 atom stereocenters. The van der Waals surface area contributed by atoms with Gasteiger partial charge in [-0.05, 0) is 42.5 Å². The highest BCUT2D eigenvalue weighted by molar-refractivity contribution is 7.99. The summed E-state index contributed by atoms with van der Waals surface area (Å²) in [4.78, 5) is 4.77. The van der Waals surface area contributed by atoms with E-state index in [1.165, 1.54) is 0 Å². The van der Waals surface area contributed by atoms with Crippen molar-refractivity contribution in [3.63, 3.8) is 0 Å². The predicted molar refractivity (Wildman–Crippen MR) is 106 cm³/mol. The molecule has 0 aliphatic carbocycles. The Morgan fingerprint density at radius 2 is 1.84 bits per heavy atom. The van der Waals surface area contributed by atoms with E-state index in [0.29, 0.717) is 5.56 Å². The maximum atomic E-state index is 14.2. The van der Waals surface area contributed by atoms with E-state index in [2.05, 4.69) is 16.7 Å². The second-order valence-electron chi connectivity index (χ2n) is 6.37. The van der Waals surface area contributed by atoms with Gasteiger partial charge in [-0.2, -0.15) is 11.8 Å². The van der Waals surface area contributed by atoms with Crippen LogP contribution in [-0.4, -0.2) is 22.9 Å². The lowest BCUT2D eigenvalue weighted by atomic mass is 9.87. The third-order valence-electron chi connectivity index (χ3n) is 4.79. The van der Waals surface area contributed by atoms with Gasteiger partial charge in [-0.3, -0.25) is 4.99 Å². The highest BCUT2D eigenvalue weighted by Crippen LogP contribution is 2.38. The van der Waals surface area contributed by atoms with Crippen LogP contribution < -0.4 is 10.6 Å². The van der Waals surface area contributed by atoms with E-state index in [4.69, 9.17) is 16.6 Å². The molecule has 25 heavy (non-hydrogen) atoms. The molecule has 0 radical (unpaired) electrons. The Kier molecular flexibility index (Phi) is 4.61. The molecule has 2 aromatic rings. The minimum Gasteiger partial charge on any atom is -0.371 e. The highest BCUT2D eigenvalue weighted by Gasteiger charge is 2.40. The molecule has 0 amide bonds. The maximum Gasteiger partial charge on any atom is 0.146 e. The Hall–Kier alpha value is -1.72. The van der Waals surface area contributed by atoms with Crippen molar-refractivity contribution in [1.29, 1.82) is 0 Å². The van der Waals surface area contributed by atoms with Crippen LogP contribution in [0.3, 0.4) is 0 Å². The van der Waals surface area contributed by atoms with Crippen LogP contribution in [0.1, 0.15) is 18.4 Å². The van der Waals surface area contributed by atoms with Gasteiger partial charge in [0.2, 0.25) is 0 Å². The third kappa shape index (κ3) is 3.23. The summed E-state index contributed by atoms with van der Waals surface area (Å²) in [5.41, 5.74) is 2.43. The zero-order valence-electron chi connectivity index (χ0n) is 13.7. The van der Waals surface area contributed by atoms with Crippen molar-refractivity contribution in [3.8, 4) is 0 Å². The van der Waals surface area contributed by atoms with Gasteiger partial charge in [-0.1, -0.05) is 35.9 Å². The second kappa shape index (κ2) is 6.89. The first-order chi connectivity index (χ1) is 12.2. The number of aliphatic imine (C=N–C) groups is 1. The van der Waals surface area contributed by atoms with Gasteiger partial charge in [0.25, 0.3) is 0 Å². The maximum absolute atomic E-state index is 14.2. The van der Waals surface area contributed by atoms with E-state index in [-0.39, 0.29) is 22.9 Å². The third-order valence-corrected chi connectivity index (χ3v) is 6.07. The van der Waals surface area contributed by atoms with Crippen LogP contribution in [0, 0.1) is 5.82 Å². The lowest BCUT2D eigenvalue weighted by Crippen LogP contribution is -2.54. The fourth-order valence-corrected chi connectivity index (χ4v) is 4.76. The van der Waals surface area contributed by atoms with E-state index in [1.54, 1.807) is 18.2 Å². The van der Waals surface area contributed by atoms with Gasteiger partial charge in [-0.25, -0.2) is 4.39 Å². The van der Waals surface area contributed by atoms with Crippen molar-refractivity contribution < 1.29 is 4.39 Å². The van der Waals surface area contributed by atoms with Crippen LogP contribution in [0.5, 0.6) is 0 Å². The lowest BCUT2D eigenvalue weighted by Gasteiger charge is -2.43. The van der Waals surface area contributed by atoms with Gasteiger partial charge in [0.05, 0.1) is 28.5 Å². The van der Waals surface area contributed by atoms with Crippen molar-refractivity contribution in [1.82, 2.24) is 0 Å². The van der Waals surface area contributed by atoms with Crippen LogP contribution in [-0.2, 0) is 6.54 Å². The number of rotatable bonds is 2. The number of nitrogens with zero attached hydrogens (tertiary/aromatic N) is 1. The average Bonchev–Trinajstić information content (AvgIpc) is 2.64. The Morgan fingerprint density at radius 1 is 1.08 bits per heavy atom. The first kappa shape index (κ1) is 16.7. The monoisotopic (exact) mass is 375 g/mol. The number of benzene rings is 2. The SMILES string of the molecule is Fc1c(Cl)cccc1CN=C1Nc2ccccc2NC12CCSCC2. The number of anilines is 2. The van der Waals surface area contributed by atoms with Crippen molar-refractivity contribution in [2.24, 2.45) is 4.99 Å². The molecule has 0 bridgehead atoms. The Balaban J connectivity index is 1.68. The molecule has 4 rings (SSSR count). The summed E-state index contributed by atoms with van der Waals surface area (Å²) < 4.78 is 14.2. The summed E-state index contributed by atoms with van der Waals surface area (Å²) in [7, 11) is 0. The number of hydrogen-bond donors (Lipinski definition) is 2. The van der Waals surface area contributed by atoms with E-state index in [0.717, 1.165) is 41.6 Å². The molecule has 2 heterocycles. The normalized spacial score (nSPS) is 20.0. The number of fused-ring (bicyclic) bond motifs is 1. The molecule has 6 heteroatoms. The zero-order valence-corrected chi connectivity index (χ0v) is 15.3. The zero-order chi connectivity index (χ0) is 17.3. The summed E-state index contributed by atoms with van der Waals surface area (Å²) >= 11 is 7.85. The van der Waals surface area contributed by atoms with Crippen LogP contribution in [0.4, 0.5) is 15.8 Å². The fraction of sp³-hybridized carbons (Fsp3) is 0.316. The topological polar surface area (TPSA) is 36.4 Å². The molecule has 0 saturated carbocycles. The number of nitrogens with one attached hydrogen (secondary N) is 2. The molecular weight excluding hydrogens is 357 g/mol. The van der Waals surface area contributed by atoms with Gasteiger partial charge in [0, 0.05) is 5.56 Å². The van der Waals surface area contributed by atoms with Crippen LogP contribution in [0.2, 0.25) is 5.02 Å². The van der Waals surface area contributed by atoms with Crippen LogP contribution >= 0.6 is 23.4 Å². The number of amidine groups is 1. The lowest BCUT2D eigenvalue weighted by molar-refractivity contribution is 0.558. The minimum atomic E-state index is -0.383. The Morgan fingerprint density at radius 3 is 2.64 bits per heavy atom. The van der Waals surface area contributed by atoms with Gasteiger partial charge >= 0.3 is 0 Å². The molecule has 2 aliphatic heterocycles. The molecule has 2 aromatic carbocycles. The largest absolute Gasteiger partial charge is 0.371 e. The highest BCUT2D eigenvalue weighted by atomic mass is 35.5. The smallest absolute Gasteiger partial charge is 0.146 e. The van der Waals surface area contributed by atoms with Crippen LogP contribution in [0.15, 0.2) is 47.5 Å². The molecule has 0 unspecified atom stereocenters. The number of hydrogen-bond acceptors (Lipinski definition) is 3. The van der Waals surface area contributed by atoms with Gasteiger partial charge in [0.1, 0.15) is 11.7 Å². The number of halogens is 2. The second-order valence-corrected chi connectivity index (χ2v) is 8.00. The summed E-state index contributed by atoms with van der Waals surface area (Å²) in [6.07, 6.45) is 1.99. The van der Waals surface area contributed by atoms with Crippen molar-refractivity contribution in [2.45, 2.75) is 24.9 Å². The summed E-state index contributed by atoms with van der Waals surface area (Å²) in [6.45, 7) is 0.271. The molecule has 1 spiro atoms. The number of thioether (sulfide) groups is 1. The standard InChI is InChI=1S/C19H19ClFN3S/c20-14-5-3-4-13(17(14)21)12-22-18-19(8-10-25-11-9-19)24-16-7-2-1-6-15(16)23-18/h1-7,24H,8-12H2,(H,22,23). The molecule has 2 N–H and O–H groups in total. The van der Waals surface area contributed by atoms with E-state index in [1.807, 2.05) is 30.0 Å². The van der Waals surface area contributed by atoms with Gasteiger partial charge in [-0.15, -0.1) is 0 Å². The predicted octanol–water partition coefficient (Wildman–Crippen LogP) is 5.18. The van der Waals surface area contributed by atoms with E-state index < -0.39 is 0 Å².